The smallest absolute Gasteiger partial charge is 0.291 e. The van der Waals surface area contributed by atoms with Crippen molar-refractivity contribution in [3.05, 3.63) is 40.1 Å². The molecule has 1 aliphatic heterocycles. The van der Waals surface area contributed by atoms with Gasteiger partial charge < -0.3 is 15.2 Å². The third-order valence-corrected chi connectivity index (χ3v) is 6.58. The van der Waals surface area contributed by atoms with E-state index in [1.54, 1.807) is 28.5 Å². The van der Waals surface area contributed by atoms with Gasteiger partial charge in [0.1, 0.15) is 12.1 Å². The summed E-state index contributed by atoms with van der Waals surface area (Å²) in [5.41, 5.74) is 6.59. The van der Waals surface area contributed by atoms with E-state index in [-0.39, 0.29) is 29.8 Å². The van der Waals surface area contributed by atoms with Gasteiger partial charge >= 0.3 is 0 Å². The summed E-state index contributed by atoms with van der Waals surface area (Å²) in [6, 6.07) is 2.06. The van der Waals surface area contributed by atoms with Crippen LogP contribution < -0.4 is 11.3 Å². The van der Waals surface area contributed by atoms with Crippen molar-refractivity contribution in [2.24, 2.45) is 11.7 Å². The fourth-order valence-corrected chi connectivity index (χ4v) is 5.02. The average Bonchev–Trinajstić information content (AvgIpc) is 3.21. The van der Waals surface area contributed by atoms with Gasteiger partial charge in [-0.05, 0) is 25.8 Å². The zero-order chi connectivity index (χ0) is 20.7. The number of thiophene rings is 1. The minimum Gasteiger partial charge on any atom is -0.369 e. The number of rotatable bonds is 5. The number of allylic oxidation sites excluding steroid dienone is 1. The van der Waals surface area contributed by atoms with Crippen LogP contribution in [0.4, 0.5) is 0 Å². The maximum atomic E-state index is 13.2. The lowest BCUT2D eigenvalue weighted by Crippen LogP contribution is -2.44. The Morgan fingerprint density at radius 2 is 2.10 bits per heavy atom. The summed E-state index contributed by atoms with van der Waals surface area (Å²) in [7, 11) is 0. The Labute approximate surface area is 171 Å². The number of hydrogen-bond donors (Lipinski definition) is 1. The van der Waals surface area contributed by atoms with E-state index in [0.717, 1.165) is 20.5 Å². The Morgan fingerprint density at radius 1 is 1.38 bits per heavy atom. The predicted molar refractivity (Wildman–Crippen MR) is 113 cm³/mol. The number of nitrogens with two attached hydrogens (primary N) is 1. The predicted octanol–water partition coefficient (Wildman–Crippen LogP) is 1.63. The van der Waals surface area contributed by atoms with Crippen LogP contribution in [0.3, 0.4) is 0 Å². The molecular weight excluding hydrogens is 390 g/mol. The molecule has 1 saturated heterocycles. The maximum Gasteiger partial charge on any atom is 0.291 e. The molecule has 0 aliphatic carbocycles. The van der Waals surface area contributed by atoms with Gasteiger partial charge in [-0.15, -0.1) is 17.9 Å². The quantitative estimate of drug-likeness (QED) is 0.642. The minimum atomic E-state index is -0.321. The Balaban J connectivity index is 1.65. The van der Waals surface area contributed by atoms with Crippen LogP contribution in [0.2, 0.25) is 0 Å². The van der Waals surface area contributed by atoms with Crippen molar-refractivity contribution in [1.82, 2.24) is 19.2 Å². The van der Waals surface area contributed by atoms with E-state index in [4.69, 9.17) is 5.73 Å². The van der Waals surface area contributed by atoms with Gasteiger partial charge in [0, 0.05) is 35.8 Å². The molecule has 2 N–H and O–H groups in total. The number of amides is 2. The number of aryl methyl sites for hydroxylation is 1. The summed E-state index contributed by atoms with van der Waals surface area (Å²) in [4.78, 5) is 40.0. The molecule has 2 amide bonds. The SMILES string of the molecule is C=CCn1c2cc(C)sc2c2cnn(CC(=O)N3CCC(C(N)=O)CC3)c(=O)c21. The number of aromatic nitrogens is 3. The van der Waals surface area contributed by atoms with E-state index in [0.29, 0.717) is 38.0 Å². The Hall–Kier alpha value is -2.94. The number of carbonyl (C=O) groups is 2. The molecular formula is C20H23N5O3S. The summed E-state index contributed by atoms with van der Waals surface area (Å²) in [5.74, 6) is -0.685. The van der Waals surface area contributed by atoms with Gasteiger partial charge in [-0.3, -0.25) is 14.4 Å². The fourth-order valence-electron chi connectivity index (χ4n) is 3.99. The molecule has 3 aromatic rings. The van der Waals surface area contributed by atoms with Crippen LogP contribution in [-0.2, 0) is 22.7 Å². The molecule has 0 aromatic carbocycles. The minimum absolute atomic E-state index is 0.123. The number of piperidine rings is 1. The van der Waals surface area contributed by atoms with Crippen molar-refractivity contribution >= 4 is 44.3 Å². The summed E-state index contributed by atoms with van der Waals surface area (Å²) in [5, 5.41) is 5.07. The first kappa shape index (κ1) is 19.4. The molecule has 0 saturated carbocycles. The Kier molecular flexibility index (Phi) is 4.99. The zero-order valence-electron chi connectivity index (χ0n) is 16.3. The summed E-state index contributed by atoms with van der Waals surface area (Å²) in [6.07, 6.45) is 4.53. The van der Waals surface area contributed by atoms with Crippen LogP contribution in [0.25, 0.3) is 21.1 Å². The van der Waals surface area contributed by atoms with E-state index in [1.165, 1.54) is 4.68 Å². The molecule has 29 heavy (non-hydrogen) atoms. The molecule has 1 aliphatic rings. The first-order chi connectivity index (χ1) is 13.9. The number of hydrogen-bond acceptors (Lipinski definition) is 5. The molecule has 0 radical (unpaired) electrons. The molecule has 9 heteroatoms. The van der Waals surface area contributed by atoms with Gasteiger partial charge in [0.05, 0.1) is 16.4 Å². The highest BCUT2D eigenvalue weighted by molar-refractivity contribution is 7.20. The second kappa shape index (κ2) is 7.47. The van der Waals surface area contributed by atoms with E-state index in [9.17, 15) is 14.4 Å². The molecule has 0 spiro atoms. The normalized spacial score (nSPS) is 15.3. The average molecular weight is 414 g/mol. The maximum absolute atomic E-state index is 13.2. The van der Waals surface area contributed by atoms with E-state index in [2.05, 4.69) is 17.7 Å². The third-order valence-electron chi connectivity index (χ3n) is 5.51. The van der Waals surface area contributed by atoms with Crippen molar-refractivity contribution in [2.45, 2.75) is 32.9 Å². The highest BCUT2D eigenvalue weighted by atomic mass is 32.1. The van der Waals surface area contributed by atoms with Crippen LogP contribution in [0.1, 0.15) is 17.7 Å². The molecule has 4 heterocycles. The highest BCUT2D eigenvalue weighted by Crippen LogP contribution is 2.33. The fraction of sp³-hybridized carbons (Fsp3) is 0.400. The van der Waals surface area contributed by atoms with Gasteiger partial charge in [0.2, 0.25) is 11.8 Å². The van der Waals surface area contributed by atoms with Gasteiger partial charge in [-0.1, -0.05) is 6.08 Å². The van der Waals surface area contributed by atoms with E-state index >= 15 is 0 Å². The van der Waals surface area contributed by atoms with E-state index in [1.807, 2.05) is 11.5 Å². The molecule has 1 fully saturated rings. The summed E-state index contributed by atoms with van der Waals surface area (Å²) in [6.45, 7) is 7.14. The molecule has 3 aromatic heterocycles. The van der Waals surface area contributed by atoms with Crippen LogP contribution in [0.15, 0.2) is 29.7 Å². The second-order valence-electron chi connectivity index (χ2n) is 7.40. The van der Waals surface area contributed by atoms with Gasteiger partial charge in [0.25, 0.3) is 5.56 Å². The van der Waals surface area contributed by atoms with Gasteiger partial charge in [0.15, 0.2) is 0 Å². The molecule has 0 atom stereocenters. The lowest BCUT2D eigenvalue weighted by Gasteiger charge is -2.30. The molecule has 0 unspecified atom stereocenters. The monoisotopic (exact) mass is 413 g/mol. The Morgan fingerprint density at radius 3 is 2.76 bits per heavy atom. The standard InChI is InChI=1S/C20H23N5O3S/c1-3-6-24-15-9-12(2)29-18(15)14-10-22-25(20(28)17(14)24)11-16(26)23-7-4-13(5-8-23)19(21)27/h3,9-10,13H,1,4-8,11H2,2H3,(H2,21,27). The van der Waals surface area contributed by atoms with Gasteiger partial charge in [-0.2, -0.15) is 5.10 Å². The number of primary amides is 1. The largest absolute Gasteiger partial charge is 0.369 e. The van der Waals surface area contributed by atoms with E-state index < -0.39 is 0 Å². The molecule has 152 valence electrons. The number of carbonyl (C=O) groups excluding carboxylic acids is 2. The topological polar surface area (TPSA) is 103 Å². The van der Waals surface area contributed by atoms with Crippen LogP contribution in [-0.4, -0.2) is 44.2 Å². The number of nitrogens with zero attached hydrogens (tertiary/aromatic N) is 4. The van der Waals surface area contributed by atoms with Crippen LogP contribution in [0, 0.1) is 12.8 Å². The first-order valence-corrected chi connectivity index (χ1v) is 10.4. The van der Waals surface area contributed by atoms with Crippen molar-refractivity contribution in [3.8, 4) is 0 Å². The zero-order valence-corrected chi connectivity index (χ0v) is 17.1. The summed E-state index contributed by atoms with van der Waals surface area (Å²) < 4.78 is 4.18. The van der Waals surface area contributed by atoms with Crippen molar-refractivity contribution in [3.63, 3.8) is 0 Å². The Bertz CT molecular complexity index is 1180. The lowest BCUT2D eigenvalue weighted by molar-refractivity contribution is -0.135. The number of likely N-dealkylation sites (tertiary alicyclic amines) is 1. The third kappa shape index (κ3) is 3.35. The molecule has 8 nitrogen and oxygen atoms in total. The first-order valence-electron chi connectivity index (χ1n) is 9.57. The van der Waals surface area contributed by atoms with Gasteiger partial charge in [-0.25, -0.2) is 4.68 Å². The summed E-state index contributed by atoms with van der Waals surface area (Å²) >= 11 is 1.63. The van der Waals surface area contributed by atoms with Crippen molar-refractivity contribution in [2.75, 3.05) is 13.1 Å². The lowest BCUT2D eigenvalue weighted by atomic mass is 9.96. The number of fused-ring (bicyclic) bond motifs is 3. The highest BCUT2D eigenvalue weighted by Gasteiger charge is 2.26. The second-order valence-corrected chi connectivity index (χ2v) is 8.65. The van der Waals surface area contributed by atoms with Crippen molar-refractivity contribution in [1.29, 1.82) is 0 Å². The van der Waals surface area contributed by atoms with Crippen LogP contribution >= 0.6 is 11.3 Å². The van der Waals surface area contributed by atoms with Crippen molar-refractivity contribution < 1.29 is 9.59 Å². The van der Waals surface area contributed by atoms with Crippen LogP contribution in [0.5, 0.6) is 0 Å². The molecule has 4 rings (SSSR count). The molecule has 0 bridgehead atoms.